The van der Waals surface area contributed by atoms with Crippen LogP contribution in [0, 0.1) is 12.8 Å². The van der Waals surface area contributed by atoms with Crippen LogP contribution in [0.5, 0.6) is 5.75 Å². The van der Waals surface area contributed by atoms with Crippen molar-refractivity contribution in [1.82, 2.24) is 9.21 Å². The third-order valence-electron chi connectivity index (χ3n) is 7.17. The van der Waals surface area contributed by atoms with Crippen LogP contribution < -0.4 is 4.74 Å². The van der Waals surface area contributed by atoms with E-state index in [2.05, 4.69) is 0 Å². The fraction of sp³-hybridized carbons (Fsp3) is 0.367. The molecule has 0 amide bonds. The summed E-state index contributed by atoms with van der Waals surface area (Å²) in [5.41, 5.74) is 4.01. The fourth-order valence-corrected chi connectivity index (χ4v) is 6.68. The third kappa shape index (κ3) is 6.50. The number of carbonyl (C=O) groups is 1. The summed E-state index contributed by atoms with van der Waals surface area (Å²) in [4.78, 5) is 13.5. The molecule has 0 saturated carbocycles. The number of ether oxygens (including phenoxy) is 1. The number of likely N-dealkylation sites (N-methyl/N-ethyl adjacent to an activating group) is 1. The smallest absolute Gasteiger partial charge is 0.335 e. The molecule has 0 radical (unpaired) electrons. The molecular formula is C30H36N2O6S. The van der Waals surface area contributed by atoms with Crippen LogP contribution in [0.4, 0.5) is 0 Å². The van der Waals surface area contributed by atoms with Crippen molar-refractivity contribution < 1.29 is 28.2 Å². The predicted octanol–water partition coefficient (Wildman–Crippen LogP) is 4.26. The normalized spacial score (nSPS) is 19.9. The minimum Gasteiger partial charge on any atom is -0.487 e. The van der Waals surface area contributed by atoms with E-state index in [0.717, 1.165) is 22.3 Å². The number of carboxylic acids is 1. The number of rotatable bonds is 8. The van der Waals surface area contributed by atoms with Crippen LogP contribution in [0.25, 0.3) is 11.1 Å². The van der Waals surface area contributed by atoms with Gasteiger partial charge in [-0.1, -0.05) is 55.0 Å². The summed E-state index contributed by atoms with van der Waals surface area (Å²) < 4.78 is 35.4. The van der Waals surface area contributed by atoms with Gasteiger partial charge < -0.3 is 14.9 Å². The SMILES string of the molecule is Cc1ccc(-c2ccc3c(c2)O[C@@H](CN(C)Cc2cccc(C(=O)O)c2)[C@@H](C)CN([C@H](C)CO)S3(=O)=O)cc1. The molecule has 0 aromatic heterocycles. The standard InChI is InChI=1S/C30H36N2O6S/c1-20-8-10-24(11-9-20)25-12-13-29-27(15-25)38-28(21(2)16-32(22(3)19-33)39(29,36)37)18-31(4)17-23-6-5-7-26(14-23)30(34)35/h5-15,21-22,28,33H,16-19H2,1-4H3,(H,34,35)/t21-,22+,28-/m0/s1. The summed E-state index contributed by atoms with van der Waals surface area (Å²) >= 11 is 0. The maximum atomic E-state index is 13.7. The summed E-state index contributed by atoms with van der Waals surface area (Å²) in [6, 6.07) is 19.4. The molecule has 1 heterocycles. The molecule has 3 aromatic carbocycles. The lowest BCUT2D eigenvalue weighted by Crippen LogP contribution is -2.49. The number of sulfonamides is 1. The first kappa shape index (κ1) is 28.8. The van der Waals surface area contributed by atoms with Gasteiger partial charge in [0.15, 0.2) is 0 Å². The van der Waals surface area contributed by atoms with Crippen molar-refractivity contribution in [3.63, 3.8) is 0 Å². The second-order valence-corrected chi connectivity index (χ2v) is 12.3. The number of hydrogen-bond donors (Lipinski definition) is 2. The van der Waals surface area contributed by atoms with Crippen molar-refractivity contribution in [3.8, 4) is 16.9 Å². The van der Waals surface area contributed by atoms with Gasteiger partial charge in [0.2, 0.25) is 10.0 Å². The van der Waals surface area contributed by atoms with E-state index in [1.165, 1.54) is 4.31 Å². The number of benzene rings is 3. The highest BCUT2D eigenvalue weighted by Gasteiger charge is 2.38. The molecule has 0 aliphatic carbocycles. The van der Waals surface area contributed by atoms with Gasteiger partial charge in [-0.2, -0.15) is 4.31 Å². The molecule has 3 aromatic rings. The van der Waals surface area contributed by atoms with Crippen molar-refractivity contribution in [2.24, 2.45) is 5.92 Å². The Morgan fingerprint density at radius 3 is 2.46 bits per heavy atom. The summed E-state index contributed by atoms with van der Waals surface area (Å²) in [6.07, 6.45) is -0.367. The molecule has 0 fully saturated rings. The zero-order valence-corrected chi connectivity index (χ0v) is 23.6. The lowest BCUT2D eigenvalue weighted by Gasteiger charge is -2.37. The Kier molecular flexibility index (Phi) is 8.76. The van der Waals surface area contributed by atoms with Crippen molar-refractivity contribution in [3.05, 3.63) is 83.4 Å². The number of aliphatic hydroxyl groups is 1. The highest BCUT2D eigenvalue weighted by Crippen LogP contribution is 2.36. The van der Waals surface area contributed by atoms with Gasteiger partial charge in [0.25, 0.3) is 0 Å². The maximum absolute atomic E-state index is 13.7. The Morgan fingerprint density at radius 1 is 1.10 bits per heavy atom. The molecule has 8 nitrogen and oxygen atoms in total. The Hall–Kier alpha value is -3.24. The summed E-state index contributed by atoms with van der Waals surface area (Å²) in [5.74, 6) is -0.893. The molecule has 1 aliphatic heterocycles. The van der Waals surface area contributed by atoms with Gasteiger partial charge in [0.1, 0.15) is 16.7 Å². The molecule has 0 saturated heterocycles. The summed E-state index contributed by atoms with van der Waals surface area (Å²) in [5, 5.41) is 19.2. The maximum Gasteiger partial charge on any atom is 0.335 e. The third-order valence-corrected chi connectivity index (χ3v) is 9.19. The Labute approximate surface area is 230 Å². The van der Waals surface area contributed by atoms with Gasteiger partial charge in [-0.3, -0.25) is 4.90 Å². The highest BCUT2D eigenvalue weighted by molar-refractivity contribution is 7.89. The number of carboxylic acid groups (broad SMARTS) is 1. The first-order valence-electron chi connectivity index (χ1n) is 13.0. The first-order valence-corrected chi connectivity index (χ1v) is 14.4. The van der Waals surface area contributed by atoms with Gasteiger partial charge >= 0.3 is 5.97 Å². The Bertz CT molecular complexity index is 1420. The molecule has 0 bridgehead atoms. The van der Waals surface area contributed by atoms with Crippen LogP contribution >= 0.6 is 0 Å². The molecule has 39 heavy (non-hydrogen) atoms. The number of aromatic carboxylic acids is 1. The van der Waals surface area contributed by atoms with Crippen LogP contribution in [0.1, 0.15) is 35.3 Å². The summed E-state index contributed by atoms with van der Waals surface area (Å²) in [6.45, 7) is 6.53. The lowest BCUT2D eigenvalue weighted by atomic mass is 10.0. The minimum atomic E-state index is -3.93. The van der Waals surface area contributed by atoms with E-state index in [0.29, 0.717) is 13.1 Å². The average Bonchev–Trinajstić information content (AvgIpc) is 2.90. The van der Waals surface area contributed by atoms with Crippen molar-refractivity contribution in [1.29, 1.82) is 0 Å². The van der Waals surface area contributed by atoms with Crippen LogP contribution in [0.2, 0.25) is 0 Å². The fourth-order valence-electron chi connectivity index (χ4n) is 4.86. The van der Waals surface area contributed by atoms with Gasteiger partial charge in [0, 0.05) is 31.6 Å². The quantitative estimate of drug-likeness (QED) is 0.430. The molecule has 0 unspecified atom stereocenters. The second-order valence-electron chi connectivity index (χ2n) is 10.5. The van der Waals surface area contributed by atoms with E-state index in [9.17, 15) is 23.4 Å². The van der Waals surface area contributed by atoms with E-state index >= 15 is 0 Å². The van der Waals surface area contributed by atoms with Crippen LogP contribution in [0.15, 0.2) is 71.6 Å². The second kappa shape index (κ2) is 11.9. The monoisotopic (exact) mass is 552 g/mol. The van der Waals surface area contributed by atoms with Gasteiger partial charge in [0.05, 0.1) is 12.2 Å². The van der Waals surface area contributed by atoms with Crippen molar-refractivity contribution in [2.45, 2.75) is 44.4 Å². The molecule has 208 valence electrons. The molecule has 4 rings (SSSR count). The van der Waals surface area contributed by atoms with Crippen LogP contribution in [0.3, 0.4) is 0 Å². The topological polar surface area (TPSA) is 107 Å². The Morgan fingerprint density at radius 2 is 1.79 bits per heavy atom. The van der Waals surface area contributed by atoms with E-state index < -0.39 is 22.0 Å². The largest absolute Gasteiger partial charge is 0.487 e. The van der Waals surface area contributed by atoms with Gasteiger partial charge in [-0.25, -0.2) is 13.2 Å². The van der Waals surface area contributed by atoms with E-state index in [1.54, 1.807) is 43.3 Å². The molecule has 0 spiro atoms. The van der Waals surface area contributed by atoms with Gasteiger partial charge in [-0.15, -0.1) is 0 Å². The summed E-state index contributed by atoms with van der Waals surface area (Å²) in [7, 11) is -2.00. The van der Waals surface area contributed by atoms with Crippen LogP contribution in [-0.4, -0.2) is 72.7 Å². The highest BCUT2D eigenvalue weighted by atomic mass is 32.2. The van der Waals surface area contributed by atoms with E-state index in [1.807, 2.05) is 56.1 Å². The zero-order valence-electron chi connectivity index (χ0n) is 22.7. The number of fused-ring (bicyclic) bond motifs is 1. The number of hydrogen-bond acceptors (Lipinski definition) is 6. The Balaban J connectivity index is 1.69. The lowest BCUT2D eigenvalue weighted by molar-refractivity contribution is 0.0694. The van der Waals surface area contributed by atoms with Gasteiger partial charge in [-0.05, 0) is 61.9 Å². The molecule has 3 atom stereocenters. The van der Waals surface area contributed by atoms with Crippen molar-refractivity contribution in [2.75, 3.05) is 26.7 Å². The molecule has 1 aliphatic rings. The molecule has 2 N–H and O–H groups in total. The molecule has 9 heteroatoms. The number of aryl methyl sites for hydroxylation is 1. The number of nitrogens with zero attached hydrogens (tertiary/aromatic N) is 2. The van der Waals surface area contributed by atoms with E-state index in [4.69, 9.17) is 4.74 Å². The van der Waals surface area contributed by atoms with Crippen molar-refractivity contribution >= 4 is 16.0 Å². The average molecular weight is 553 g/mol. The zero-order chi connectivity index (χ0) is 28.3. The predicted molar refractivity (Wildman–Crippen MR) is 150 cm³/mol. The minimum absolute atomic E-state index is 0.0763. The van der Waals surface area contributed by atoms with Crippen LogP contribution in [-0.2, 0) is 16.6 Å². The van der Waals surface area contributed by atoms with E-state index in [-0.39, 0.29) is 41.4 Å². The number of aliphatic hydroxyl groups excluding tert-OH is 1. The molecular weight excluding hydrogens is 516 g/mol. The first-order chi connectivity index (χ1) is 18.5.